The number of aryl methyl sites for hydroxylation is 1. The van der Waals surface area contributed by atoms with Crippen LogP contribution in [0.5, 0.6) is 0 Å². The van der Waals surface area contributed by atoms with Crippen molar-refractivity contribution in [2.24, 2.45) is 0 Å². The normalized spacial score (nSPS) is 11.0. The van der Waals surface area contributed by atoms with Crippen molar-refractivity contribution in [3.8, 4) is 10.8 Å². The lowest BCUT2D eigenvalue weighted by Gasteiger charge is -1.86. The van der Waals surface area contributed by atoms with Gasteiger partial charge in [-0.1, -0.05) is 6.07 Å². The van der Waals surface area contributed by atoms with E-state index in [4.69, 9.17) is 4.42 Å². The summed E-state index contributed by atoms with van der Waals surface area (Å²) in [4.78, 5) is 9.62. The van der Waals surface area contributed by atoms with Gasteiger partial charge in [0.1, 0.15) is 5.52 Å². The molecule has 0 spiro atoms. The molecule has 0 unspecified atom stereocenters. The van der Waals surface area contributed by atoms with Crippen molar-refractivity contribution in [3.05, 3.63) is 35.3 Å². The van der Waals surface area contributed by atoms with Crippen LogP contribution in [0.25, 0.3) is 22.0 Å². The topological polar surface area (TPSA) is 38.9 Å². The first kappa shape index (κ1) is 8.61. The first-order valence-corrected chi connectivity index (χ1v) is 5.48. The third-order valence-electron chi connectivity index (χ3n) is 2.12. The fourth-order valence-corrected chi connectivity index (χ4v) is 2.08. The van der Waals surface area contributed by atoms with Gasteiger partial charge >= 0.3 is 0 Å². The average molecular weight is 216 g/mol. The molecule has 0 aliphatic rings. The number of thiophene rings is 1. The summed E-state index contributed by atoms with van der Waals surface area (Å²) in [6, 6.07) is 5.94. The van der Waals surface area contributed by atoms with Gasteiger partial charge in [-0.3, -0.25) is 0 Å². The highest BCUT2D eigenvalue weighted by molar-refractivity contribution is 7.13. The van der Waals surface area contributed by atoms with Crippen molar-refractivity contribution in [2.75, 3.05) is 0 Å². The Bertz CT molecular complexity index is 598. The SMILES string of the molecule is Cc1cnc2oc(-c3cccs3)nc2c1. The molecule has 0 aromatic carbocycles. The molecule has 3 rings (SSSR count). The van der Waals surface area contributed by atoms with Crippen LogP contribution in [0.4, 0.5) is 0 Å². The summed E-state index contributed by atoms with van der Waals surface area (Å²) in [5.41, 5.74) is 2.51. The van der Waals surface area contributed by atoms with Crippen LogP contribution in [0.1, 0.15) is 5.56 Å². The molecule has 0 radical (unpaired) electrons. The molecule has 0 fully saturated rings. The predicted octanol–water partition coefficient (Wildman–Crippen LogP) is 3.26. The molecule has 0 aliphatic heterocycles. The van der Waals surface area contributed by atoms with E-state index in [9.17, 15) is 0 Å². The number of nitrogens with zero attached hydrogens (tertiary/aromatic N) is 2. The zero-order valence-electron chi connectivity index (χ0n) is 8.10. The van der Waals surface area contributed by atoms with E-state index in [1.165, 1.54) is 0 Å². The Labute approximate surface area is 90.4 Å². The minimum Gasteiger partial charge on any atom is -0.417 e. The van der Waals surface area contributed by atoms with Gasteiger partial charge in [0.25, 0.3) is 0 Å². The van der Waals surface area contributed by atoms with E-state index in [1.54, 1.807) is 17.5 Å². The monoisotopic (exact) mass is 216 g/mol. The summed E-state index contributed by atoms with van der Waals surface area (Å²) in [5.74, 6) is 0.651. The second-order valence-corrected chi connectivity index (χ2v) is 4.28. The summed E-state index contributed by atoms with van der Waals surface area (Å²) in [7, 11) is 0. The molecule has 0 bridgehead atoms. The first-order valence-electron chi connectivity index (χ1n) is 4.60. The summed E-state index contributed by atoms with van der Waals surface area (Å²) < 4.78 is 5.56. The van der Waals surface area contributed by atoms with E-state index >= 15 is 0 Å². The van der Waals surface area contributed by atoms with Gasteiger partial charge in [0.15, 0.2) is 0 Å². The molecule has 74 valence electrons. The minimum atomic E-state index is 0.601. The zero-order valence-corrected chi connectivity index (χ0v) is 8.91. The molecule has 15 heavy (non-hydrogen) atoms. The van der Waals surface area contributed by atoms with Crippen LogP contribution >= 0.6 is 11.3 Å². The van der Waals surface area contributed by atoms with Crippen LogP contribution in [-0.4, -0.2) is 9.97 Å². The Kier molecular flexibility index (Phi) is 1.82. The zero-order chi connectivity index (χ0) is 10.3. The van der Waals surface area contributed by atoms with Crippen LogP contribution in [0.2, 0.25) is 0 Å². The molecule has 0 N–H and O–H groups in total. The van der Waals surface area contributed by atoms with Gasteiger partial charge in [-0.25, -0.2) is 9.97 Å². The van der Waals surface area contributed by atoms with E-state index in [0.717, 1.165) is 16.0 Å². The second kappa shape index (κ2) is 3.17. The highest BCUT2D eigenvalue weighted by atomic mass is 32.1. The Morgan fingerprint density at radius 2 is 2.33 bits per heavy atom. The van der Waals surface area contributed by atoms with Crippen molar-refractivity contribution < 1.29 is 4.42 Å². The average Bonchev–Trinajstić information content (AvgIpc) is 2.84. The van der Waals surface area contributed by atoms with Gasteiger partial charge in [-0.05, 0) is 30.0 Å². The van der Waals surface area contributed by atoms with Crippen LogP contribution < -0.4 is 0 Å². The van der Waals surface area contributed by atoms with Crippen molar-refractivity contribution >= 4 is 22.6 Å². The third kappa shape index (κ3) is 1.43. The molecule has 3 aromatic rings. The standard InChI is InChI=1S/C11H8N2OS/c1-7-5-8-10(12-6-7)14-11(13-8)9-3-2-4-15-9/h2-6H,1H3. The number of fused-ring (bicyclic) bond motifs is 1. The maximum Gasteiger partial charge on any atom is 0.247 e. The van der Waals surface area contributed by atoms with Gasteiger partial charge < -0.3 is 4.42 Å². The van der Waals surface area contributed by atoms with Crippen molar-refractivity contribution in [1.29, 1.82) is 0 Å². The summed E-state index contributed by atoms with van der Waals surface area (Å²) in [6.07, 6.45) is 1.78. The van der Waals surface area contributed by atoms with E-state index in [2.05, 4.69) is 9.97 Å². The maximum absolute atomic E-state index is 5.56. The van der Waals surface area contributed by atoms with E-state index in [-0.39, 0.29) is 0 Å². The summed E-state index contributed by atoms with van der Waals surface area (Å²) in [5, 5.41) is 2.00. The van der Waals surface area contributed by atoms with Gasteiger partial charge in [0.05, 0.1) is 4.88 Å². The van der Waals surface area contributed by atoms with Gasteiger partial charge in [0.2, 0.25) is 11.6 Å². The minimum absolute atomic E-state index is 0.601. The fourth-order valence-electron chi connectivity index (χ4n) is 1.43. The Morgan fingerprint density at radius 3 is 3.13 bits per heavy atom. The van der Waals surface area contributed by atoms with Crippen molar-refractivity contribution in [3.63, 3.8) is 0 Å². The maximum atomic E-state index is 5.56. The molecule has 0 saturated carbocycles. The van der Waals surface area contributed by atoms with E-state index in [0.29, 0.717) is 11.6 Å². The van der Waals surface area contributed by atoms with Crippen LogP contribution in [0, 0.1) is 6.92 Å². The smallest absolute Gasteiger partial charge is 0.247 e. The van der Waals surface area contributed by atoms with Crippen molar-refractivity contribution in [1.82, 2.24) is 9.97 Å². The Hall–Kier alpha value is -1.68. The van der Waals surface area contributed by atoms with Crippen molar-refractivity contribution in [2.45, 2.75) is 6.92 Å². The first-order chi connectivity index (χ1) is 7.33. The molecule has 3 heterocycles. The highest BCUT2D eigenvalue weighted by Crippen LogP contribution is 2.26. The van der Waals surface area contributed by atoms with Crippen LogP contribution in [0.3, 0.4) is 0 Å². The van der Waals surface area contributed by atoms with E-state index < -0.39 is 0 Å². The third-order valence-corrected chi connectivity index (χ3v) is 2.97. The Morgan fingerprint density at radius 1 is 1.40 bits per heavy atom. The van der Waals surface area contributed by atoms with Gasteiger partial charge in [-0.15, -0.1) is 11.3 Å². The molecular weight excluding hydrogens is 208 g/mol. The number of hydrogen-bond acceptors (Lipinski definition) is 4. The number of rotatable bonds is 1. The van der Waals surface area contributed by atoms with E-state index in [1.807, 2.05) is 30.5 Å². The van der Waals surface area contributed by atoms with Crippen LogP contribution in [0.15, 0.2) is 34.2 Å². The Balaban J connectivity index is 2.22. The number of hydrogen-bond donors (Lipinski definition) is 0. The molecule has 0 aliphatic carbocycles. The fraction of sp³-hybridized carbons (Fsp3) is 0.0909. The molecule has 3 nitrogen and oxygen atoms in total. The number of aromatic nitrogens is 2. The molecule has 3 aromatic heterocycles. The molecular formula is C11H8N2OS. The van der Waals surface area contributed by atoms with Gasteiger partial charge in [-0.2, -0.15) is 0 Å². The second-order valence-electron chi connectivity index (χ2n) is 3.33. The molecule has 0 saturated heterocycles. The lowest BCUT2D eigenvalue weighted by atomic mass is 10.3. The molecule has 4 heteroatoms. The lowest BCUT2D eigenvalue weighted by molar-refractivity contribution is 0.609. The lowest BCUT2D eigenvalue weighted by Crippen LogP contribution is -1.76. The quantitative estimate of drug-likeness (QED) is 0.626. The number of oxazole rings is 1. The summed E-state index contributed by atoms with van der Waals surface area (Å²) >= 11 is 1.61. The predicted molar refractivity (Wildman–Crippen MR) is 59.9 cm³/mol. The summed E-state index contributed by atoms with van der Waals surface area (Å²) in [6.45, 7) is 1.99. The molecule has 0 amide bonds. The molecule has 0 atom stereocenters. The highest BCUT2D eigenvalue weighted by Gasteiger charge is 2.09. The largest absolute Gasteiger partial charge is 0.417 e. The van der Waals surface area contributed by atoms with Gasteiger partial charge in [0, 0.05) is 6.20 Å². The van der Waals surface area contributed by atoms with Crippen LogP contribution in [-0.2, 0) is 0 Å². The number of pyridine rings is 1.